The maximum absolute atomic E-state index is 3.83. The van der Waals surface area contributed by atoms with E-state index in [9.17, 15) is 0 Å². The fraction of sp³-hybridized carbons (Fsp3) is 1.00. The summed E-state index contributed by atoms with van der Waals surface area (Å²) in [5.74, 6) is 1.75. The van der Waals surface area contributed by atoms with Crippen LogP contribution < -0.4 is 5.32 Å². The van der Waals surface area contributed by atoms with Crippen molar-refractivity contribution in [3.05, 3.63) is 0 Å². The van der Waals surface area contributed by atoms with Gasteiger partial charge in [-0.15, -0.1) is 0 Å². The molecule has 1 N–H and O–H groups in total. The predicted molar refractivity (Wildman–Crippen MR) is 171 cm³/mol. The Morgan fingerprint density at radius 1 is 0.432 bits per heavy atom. The Balaban J connectivity index is 3.84. The van der Waals surface area contributed by atoms with Gasteiger partial charge in [-0.05, 0) is 37.6 Å². The van der Waals surface area contributed by atoms with Gasteiger partial charge in [-0.3, -0.25) is 4.90 Å². The van der Waals surface area contributed by atoms with E-state index in [1.807, 2.05) is 0 Å². The van der Waals surface area contributed by atoms with E-state index in [4.69, 9.17) is 0 Å². The van der Waals surface area contributed by atoms with Crippen LogP contribution >= 0.6 is 0 Å². The third kappa shape index (κ3) is 25.9. The Bertz CT molecular complexity index is 392. The summed E-state index contributed by atoms with van der Waals surface area (Å²) in [5, 5.41) is 3.83. The lowest BCUT2D eigenvalue weighted by atomic mass is 9.96. The van der Waals surface area contributed by atoms with Crippen molar-refractivity contribution in [1.29, 1.82) is 0 Å². The van der Waals surface area contributed by atoms with Crippen LogP contribution in [0.25, 0.3) is 0 Å². The van der Waals surface area contributed by atoms with Gasteiger partial charge in [0.2, 0.25) is 0 Å². The molecule has 2 nitrogen and oxygen atoms in total. The molecular weight excluding hydrogens is 448 g/mol. The first-order valence-electron chi connectivity index (χ1n) is 17.6. The Hall–Kier alpha value is -0.0800. The van der Waals surface area contributed by atoms with E-state index in [-0.39, 0.29) is 0 Å². The van der Waals surface area contributed by atoms with Crippen LogP contribution in [0, 0.1) is 11.8 Å². The second kappa shape index (κ2) is 30.5. The van der Waals surface area contributed by atoms with Crippen molar-refractivity contribution in [2.24, 2.45) is 11.8 Å². The highest BCUT2D eigenvalue weighted by Gasteiger charge is 2.16. The average Bonchev–Trinajstić information content (AvgIpc) is 2.92. The number of hydrogen-bond acceptors (Lipinski definition) is 2. The van der Waals surface area contributed by atoms with Crippen molar-refractivity contribution in [2.45, 2.75) is 189 Å². The highest BCUT2D eigenvalue weighted by atomic mass is 15.2. The first-order valence-corrected chi connectivity index (χ1v) is 17.6. The molecule has 0 aliphatic carbocycles. The SMILES string of the molecule is CCCCCCCCCCCCCCCCCCNCN(CC(CC)CCCC)CC(CC)CCCC. The monoisotopic (exact) mass is 523 g/mol. The van der Waals surface area contributed by atoms with Gasteiger partial charge in [-0.25, -0.2) is 0 Å². The summed E-state index contributed by atoms with van der Waals surface area (Å²) in [5.41, 5.74) is 0. The van der Waals surface area contributed by atoms with Gasteiger partial charge in [0, 0.05) is 19.8 Å². The molecule has 0 amide bonds. The molecule has 0 aromatic rings. The third-order valence-corrected chi connectivity index (χ3v) is 8.66. The molecule has 0 radical (unpaired) electrons. The van der Waals surface area contributed by atoms with Crippen molar-refractivity contribution in [3.63, 3.8) is 0 Å². The van der Waals surface area contributed by atoms with E-state index < -0.39 is 0 Å². The molecule has 0 aromatic carbocycles. The molecule has 0 aliphatic heterocycles. The van der Waals surface area contributed by atoms with E-state index in [1.54, 1.807) is 0 Å². The van der Waals surface area contributed by atoms with Crippen LogP contribution in [0.3, 0.4) is 0 Å². The molecule has 0 fully saturated rings. The van der Waals surface area contributed by atoms with Gasteiger partial charge in [0.1, 0.15) is 0 Å². The van der Waals surface area contributed by atoms with Crippen LogP contribution in [0.15, 0.2) is 0 Å². The minimum absolute atomic E-state index is 0.876. The zero-order valence-corrected chi connectivity index (χ0v) is 26.9. The fourth-order valence-electron chi connectivity index (χ4n) is 5.80. The number of hydrogen-bond donors (Lipinski definition) is 1. The summed E-state index contributed by atoms with van der Waals surface area (Å²) in [4.78, 5) is 2.78. The van der Waals surface area contributed by atoms with Crippen molar-refractivity contribution < 1.29 is 0 Å². The number of rotatable bonds is 31. The summed E-state index contributed by atoms with van der Waals surface area (Å²) < 4.78 is 0. The van der Waals surface area contributed by atoms with Crippen molar-refractivity contribution >= 4 is 0 Å². The molecule has 0 saturated heterocycles. The first-order chi connectivity index (χ1) is 18.2. The standard InChI is InChI=1S/C35H74N2/c1-6-11-14-15-16-17-18-19-20-21-22-23-24-25-26-27-30-36-33-37(31-34(9-4)28-12-7-2)32-35(10-5)29-13-8-3/h34-36H,6-33H2,1-5H3. The highest BCUT2D eigenvalue weighted by molar-refractivity contribution is 4.70. The van der Waals surface area contributed by atoms with Crippen LogP contribution in [-0.4, -0.2) is 31.2 Å². The third-order valence-electron chi connectivity index (χ3n) is 8.66. The maximum atomic E-state index is 3.83. The number of nitrogens with zero attached hydrogens (tertiary/aromatic N) is 1. The summed E-state index contributed by atoms with van der Waals surface area (Å²) >= 11 is 0. The van der Waals surface area contributed by atoms with Gasteiger partial charge in [0.25, 0.3) is 0 Å². The average molecular weight is 523 g/mol. The second-order valence-electron chi connectivity index (χ2n) is 12.3. The molecule has 0 saturated carbocycles. The van der Waals surface area contributed by atoms with E-state index in [1.165, 1.54) is 174 Å². The summed E-state index contributed by atoms with van der Waals surface area (Å²) in [6.07, 6.45) is 34.1. The summed E-state index contributed by atoms with van der Waals surface area (Å²) in [7, 11) is 0. The zero-order chi connectivity index (χ0) is 27.2. The van der Waals surface area contributed by atoms with Gasteiger partial charge < -0.3 is 5.32 Å². The Kier molecular flexibility index (Phi) is 30.4. The minimum atomic E-state index is 0.876. The van der Waals surface area contributed by atoms with Crippen LogP contribution in [0.2, 0.25) is 0 Å². The van der Waals surface area contributed by atoms with E-state index in [2.05, 4.69) is 44.8 Å². The number of unbranched alkanes of at least 4 members (excludes halogenated alkanes) is 17. The lowest BCUT2D eigenvalue weighted by molar-refractivity contribution is 0.169. The zero-order valence-electron chi connectivity index (χ0n) is 26.9. The van der Waals surface area contributed by atoms with Gasteiger partial charge in [0.05, 0.1) is 0 Å². The Morgan fingerprint density at radius 3 is 1.14 bits per heavy atom. The largest absolute Gasteiger partial charge is 0.304 e. The molecular formula is C35H74N2. The molecule has 0 bridgehead atoms. The smallest absolute Gasteiger partial charge is 0.0480 e. The lowest BCUT2D eigenvalue weighted by Crippen LogP contribution is -2.40. The van der Waals surface area contributed by atoms with Crippen molar-refractivity contribution in [2.75, 3.05) is 26.3 Å². The molecule has 0 rings (SSSR count). The molecule has 37 heavy (non-hydrogen) atoms. The molecule has 0 heterocycles. The van der Waals surface area contributed by atoms with Gasteiger partial charge in [-0.2, -0.15) is 0 Å². The predicted octanol–water partition coefficient (Wildman–Crippen LogP) is 11.5. The van der Waals surface area contributed by atoms with E-state index >= 15 is 0 Å². The highest BCUT2D eigenvalue weighted by Crippen LogP contribution is 2.19. The second-order valence-corrected chi connectivity index (χ2v) is 12.3. The quantitative estimate of drug-likeness (QED) is 0.0719. The Labute approximate surface area is 236 Å². The van der Waals surface area contributed by atoms with E-state index in [0.717, 1.165) is 18.5 Å². The normalized spacial score (nSPS) is 13.5. The first kappa shape index (κ1) is 36.9. The topological polar surface area (TPSA) is 15.3 Å². The minimum Gasteiger partial charge on any atom is -0.304 e. The van der Waals surface area contributed by atoms with Gasteiger partial charge >= 0.3 is 0 Å². The molecule has 0 aliphatic rings. The van der Waals surface area contributed by atoms with Gasteiger partial charge in [0.15, 0.2) is 0 Å². The van der Waals surface area contributed by atoms with Crippen LogP contribution in [0.5, 0.6) is 0 Å². The molecule has 2 heteroatoms. The van der Waals surface area contributed by atoms with Crippen LogP contribution in [0.4, 0.5) is 0 Å². The number of nitrogens with one attached hydrogen (secondary N) is 1. The molecule has 224 valence electrons. The fourth-order valence-corrected chi connectivity index (χ4v) is 5.80. The summed E-state index contributed by atoms with van der Waals surface area (Å²) in [6, 6.07) is 0. The molecule has 2 atom stereocenters. The molecule has 2 unspecified atom stereocenters. The van der Waals surface area contributed by atoms with Crippen LogP contribution in [-0.2, 0) is 0 Å². The molecule has 0 aromatic heterocycles. The lowest BCUT2D eigenvalue weighted by Gasteiger charge is -2.31. The van der Waals surface area contributed by atoms with Crippen molar-refractivity contribution in [3.8, 4) is 0 Å². The summed E-state index contributed by atoms with van der Waals surface area (Å²) in [6.45, 7) is 16.7. The van der Waals surface area contributed by atoms with Crippen molar-refractivity contribution in [1.82, 2.24) is 10.2 Å². The maximum Gasteiger partial charge on any atom is 0.0480 e. The van der Waals surface area contributed by atoms with Gasteiger partial charge in [-0.1, -0.05) is 169 Å². The van der Waals surface area contributed by atoms with E-state index in [0.29, 0.717) is 0 Å². The molecule has 0 spiro atoms. The Morgan fingerprint density at radius 2 is 0.784 bits per heavy atom. The van der Waals surface area contributed by atoms with Crippen LogP contribution in [0.1, 0.15) is 189 Å².